The van der Waals surface area contributed by atoms with Crippen LogP contribution in [0, 0.1) is 16.7 Å². The lowest BCUT2D eigenvalue weighted by Gasteiger charge is -2.04. The summed E-state index contributed by atoms with van der Waals surface area (Å²) >= 11 is 3.58. The molecule has 0 amide bonds. The van der Waals surface area contributed by atoms with E-state index in [0.717, 1.165) is 22.3 Å². The van der Waals surface area contributed by atoms with Gasteiger partial charge >= 0.3 is 0 Å². The van der Waals surface area contributed by atoms with Gasteiger partial charge < -0.3 is 0 Å². The van der Waals surface area contributed by atoms with Gasteiger partial charge in [0.2, 0.25) is 0 Å². The van der Waals surface area contributed by atoms with E-state index in [1.165, 1.54) is 0 Å². The third kappa shape index (κ3) is 2.08. The highest BCUT2D eigenvalue weighted by molar-refractivity contribution is 9.10. The topological polar surface area (TPSA) is 34.9 Å². The highest BCUT2D eigenvalue weighted by Crippen LogP contribution is 2.68. The maximum Gasteiger partial charge on any atom is 0.143 e. The van der Waals surface area contributed by atoms with Gasteiger partial charge in [-0.25, -0.2) is 0 Å². The summed E-state index contributed by atoms with van der Waals surface area (Å²) in [7, 11) is 1.91. The average Bonchev–Trinajstić information content (AvgIpc) is 2.56. The molecule has 1 saturated carbocycles. The third-order valence-electron chi connectivity index (χ3n) is 5.19. The monoisotopic (exact) mass is 326 g/mol. The molecule has 1 aliphatic carbocycles. The predicted octanol–water partition coefficient (Wildman–Crippen LogP) is 3.54. The number of ketones is 1. The molecule has 3 nitrogen and oxygen atoms in total. The minimum absolute atomic E-state index is 0.114. The highest BCUT2D eigenvalue weighted by Gasteiger charge is 2.67. The van der Waals surface area contributed by atoms with E-state index in [0.29, 0.717) is 12.2 Å². The Kier molecular flexibility index (Phi) is 3.45. The number of rotatable bonds is 4. The summed E-state index contributed by atoms with van der Waals surface area (Å²) in [6.07, 6.45) is 1.35. The van der Waals surface area contributed by atoms with Crippen LogP contribution in [0.5, 0.6) is 0 Å². The molecule has 4 heteroatoms. The SMILES string of the molecule is CCc1nn(C)c(CC(=O)C2C(C)(C)C2(C)C)c1Br. The van der Waals surface area contributed by atoms with Gasteiger partial charge in [0.15, 0.2) is 0 Å². The van der Waals surface area contributed by atoms with E-state index in [2.05, 4.69) is 55.6 Å². The molecule has 2 rings (SSSR count). The number of Topliss-reactive ketones (excluding diaryl/α,β-unsaturated/α-hetero) is 1. The van der Waals surface area contributed by atoms with E-state index in [1.54, 1.807) is 0 Å². The van der Waals surface area contributed by atoms with E-state index in [9.17, 15) is 4.79 Å². The molecule has 1 heterocycles. The van der Waals surface area contributed by atoms with Crippen molar-refractivity contribution in [3.05, 3.63) is 15.9 Å². The summed E-state index contributed by atoms with van der Waals surface area (Å²) in [4.78, 5) is 12.5. The number of carbonyl (C=O) groups is 1. The Labute approximate surface area is 123 Å². The lowest BCUT2D eigenvalue weighted by atomic mass is 10.0. The Morgan fingerprint density at radius 3 is 2.21 bits per heavy atom. The normalized spacial score (nSPS) is 20.6. The second-order valence-electron chi connectivity index (χ2n) is 6.70. The van der Waals surface area contributed by atoms with Crippen LogP contribution in [0.4, 0.5) is 0 Å². The molecule has 0 N–H and O–H groups in total. The van der Waals surface area contributed by atoms with Crippen molar-refractivity contribution < 1.29 is 4.79 Å². The Hall–Kier alpha value is -0.640. The molecule has 0 bridgehead atoms. The number of carbonyl (C=O) groups excluding carboxylic acids is 1. The number of hydrogen-bond donors (Lipinski definition) is 0. The molecule has 106 valence electrons. The van der Waals surface area contributed by atoms with Crippen molar-refractivity contribution in [1.82, 2.24) is 9.78 Å². The highest BCUT2D eigenvalue weighted by atomic mass is 79.9. The molecule has 0 radical (unpaired) electrons. The van der Waals surface area contributed by atoms with Crippen molar-refractivity contribution in [2.45, 2.75) is 47.5 Å². The second-order valence-corrected chi connectivity index (χ2v) is 7.50. The largest absolute Gasteiger partial charge is 0.299 e. The zero-order chi connectivity index (χ0) is 14.6. The van der Waals surface area contributed by atoms with E-state index in [4.69, 9.17) is 0 Å². The standard InChI is InChI=1S/C15H23BrN2O/c1-7-9-12(16)10(18(6)17-9)8-11(19)13-14(2,3)15(13,4)5/h13H,7-8H2,1-6H3. The lowest BCUT2D eigenvalue weighted by molar-refractivity contribution is -0.120. The number of aryl methyl sites for hydroxylation is 2. The van der Waals surface area contributed by atoms with Gasteiger partial charge in [-0.1, -0.05) is 34.6 Å². The fraction of sp³-hybridized carbons (Fsp3) is 0.733. The van der Waals surface area contributed by atoms with Gasteiger partial charge in [-0.15, -0.1) is 0 Å². The molecule has 1 aliphatic rings. The number of aromatic nitrogens is 2. The Bertz CT molecular complexity index is 514. The summed E-state index contributed by atoms with van der Waals surface area (Å²) in [5, 5.41) is 4.45. The van der Waals surface area contributed by atoms with Crippen molar-refractivity contribution >= 4 is 21.7 Å². The summed E-state index contributed by atoms with van der Waals surface area (Å²) < 4.78 is 2.84. The fourth-order valence-electron chi connectivity index (χ4n) is 3.28. The van der Waals surface area contributed by atoms with Gasteiger partial charge in [0, 0.05) is 19.4 Å². The first-order valence-corrected chi connectivity index (χ1v) is 7.66. The Balaban J connectivity index is 2.20. The molecule has 1 aromatic rings. The molecule has 0 saturated heterocycles. The van der Waals surface area contributed by atoms with Crippen LogP contribution in [0.25, 0.3) is 0 Å². The maximum atomic E-state index is 12.5. The van der Waals surface area contributed by atoms with Crippen LogP contribution < -0.4 is 0 Å². The van der Waals surface area contributed by atoms with Crippen LogP contribution in [0.15, 0.2) is 4.47 Å². The average molecular weight is 327 g/mol. The molecule has 19 heavy (non-hydrogen) atoms. The first-order chi connectivity index (χ1) is 8.64. The summed E-state index contributed by atoms with van der Waals surface area (Å²) in [5.41, 5.74) is 2.26. The summed E-state index contributed by atoms with van der Waals surface area (Å²) in [6, 6.07) is 0. The van der Waals surface area contributed by atoms with Crippen molar-refractivity contribution in [2.24, 2.45) is 23.8 Å². The molecule has 0 aliphatic heterocycles. The molecule has 0 aromatic carbocycles. The predicted molar refractivity (Wildman–Crippen MR) is 80.0 cm³/mol. The van der Waals surface area contributed by atoms with Crippen molar-refractivity contribution in [1.29, 1.82) is 0 Å². The molecule has 0 unspecified atom stereocenters. The number of nitrogens with zero attached hydrogens (tertiary/aromatic N) is 2. The zero-order valence-electron chi connectivity index (χ0n) is 12.7. The van der Waals surface area contributed by atoms with Gasteiger partial charge in [-0.3, -0.25) is 9.48 Å². The summed E-state index contributed by atoms with van der Waals surface area (Å²) in [5.74, 6) is 0.494. The van der Waals surface area contributed by atoms with Crippen LogP contribution in [0.2, 0.25) is 0 Å². The Morgan fingerprint density at radius 1 is 1.32 bits per heavy atom. The third-order valence-corrected chi connectivity index (χ3v) is 6.10. The van der Waals surface area contributed by atoms with E-state index >= 15 is 0 Å². The van der Waals surface area contributed by atoms with E-state index in [1.807, 2.05) is 11.7 Å². The van der Waals surface area contributed by atoms with Crippen LogP contribution >= 0.6 is 15.9 Å². The molecule has 0 atom stereocenters. The van der Waals surface area contributed by atoms with Crippen molar-refractivity contribution in [2.75, 3.05) is 0 Å². The first kappa shape index (κ1) is 14.8. The minimum atomic E-state index is 0.114. The van der Waals surface area contributed by atoms with Crippen molar-refractivity contribution in [3.8, 4) is 0 Å². The number of halogens is 1. The smallest absolute Gasteiger partial charge is 0.143 e. The van der Waals surface area contributed by atoms with Gasteiger partial charge in [-0.05, 0) is 33.2 Å². The van der Waals surface area contributed by atoms with Crippen molar-refractivity contribution in [3.63, 3.8) is 0 Å². The quantitative estimate of drug-likeness (QED) is 0.848. The number of hydrogen-bond acceptors (Lipinski definition) is 2. The maximum absolute atomic E-state index is 12.5. The first-order valence-electron chi connectivity index (χ1n) is 6.87. The van der Waals surface area contributed by atoms with E-state index in [-0.39, 0.29) is 16.7 Å². The van der Waals surface area contributed by atoms with Crippen LogP contribution in [-0.2, 0) is 24.7 Å². The van der Waals surface area contributed by atoms with Gasteiger partial charge in [0.05, 0.1) is 15.9 Å². The second kappa shape index (κ2) is 4.44. The van der Waals surface area contributed by atoms with Crippen LogP contribution in [0.1, 0.15) is 46.0 Å². The van der Waals surface area contributed by atoms with Crippen LogP contribution in [0.3, 0.4) is 0 Å². The Morgan fingerprint density at radius 2 is 1.84 bits per heavy atom. The van der Waals surface area contributed by atoms with Gasteiger partial charge in [-0.2, -0.15) is 5.10 Å². The zero-order valence-corrected chi connectivity index (χ0v) is 14.3. The molecule has 0 spiro atoms. The minimum Gasteiger partial charge on any atom is -0.299 e. The lowest BCUT2D eigenvalue weighted by Crippen LogP contribution is -2.13. The van der Waals surface area contributed by atoms with Gasteiger partial charge in [0.1, 0.15) is 5.78 Å². The van der Waals surface area contributed by atoms with Crippen LogP contribution in [-0.4, -0.2) is 15.6 Å². The van der Waals surface area contributed by atoms with E-state index < -0.39 is 0 Å². The molecule has 1 fully saturated rings. The molecular weight excluding hydrogens is 304 g/mol. The molecule has 1 aromatic heterocycles. The van der Waals surface area contributed by atoms with Gasteiger partial charge in [0.25, 0.3) is 0 Å². The summed E-state index contributed by atoms with van der Waals surface area (Å²) in [6.45, 7) is 10.8. The fourth-order valence-corrected chi connectivity index (χ4v) is 4.04. The molecular formula is C15H23BrN2O.